The number of rotatable bonds is 8. The van der Waals surface area contributed by atoms with Gasteiger partial charge >= 0.3 is 0 Å². The van der Waals surface area contributed by atoms with Gasteiger partial charge in [0.15, 0.2) is 5.78 Å². The van der Waals surface area contributed by atoms with Crippen LogP contribution in [-0.4, -0.2) is 32.8 Å². The second kappa shape index (κ2) is 9.22. The van der Waals surface area contributed by atoms with Crippen LogP contribution in [0.25, 0.3) is 0 Å². The summed E-state index contributed by atoms with van der Waals surface area (Å²) < 4.78 is 10.4. The van der Waals surface area contributed by atoms with Gasteiger partial charge in [-0.2, -0.15) is 0 Å². The van der Waals surface area contributed by atoms with Crippen molar-refractivity contribution in [2.75, 3.05) is 21.3 Å². The highest BCUT2D eigenvalue weighted by Crippen LogP contribution is 2.23. The molecule has 26 heavy (non-hydrogen) atoms. The van der Waals surface area contributed by atoms with Crippen molar-refractivity contribution in [3.05, 3.63) is 83.6 Å². The SMILES string of the molecule is CNC(=C\C(=N)c1ccccc1)/C=C/C(=O)c1cc(OC)cc(OC)c1. The highest BCUT2D eigenvalue weighted by Gasteiger charge is 2.07. The molecule has 0 saturated carbocycles. The van der Waals surface area contributed by atoms with Gasteiger partial charge in [0.05, 0.1) is 19.9 Å². The van der Waals surface area contributed by atoms with Crippen LogP contribution in [-0.2, 0) is 0 Å². The molecule has 2 aromatic rings. The largest absolute Gasteiger partial charge is 0.497 e. The molecule has 0 spiro atoms. The average molecular weight is 350 g/mol. The predicted octanol–water partition coefficient (Wildman–Crippen LogP) is 3.61. The van der Waals surface area contributed by atoms with Crippen LogP contribution in [0.1, 0.15) is 15.9 Å². The molecule has 0 fully saturated rings. The molecule has 0 atom stereocenters. The van der Waals surface area contributed by atoms with Gasteiger partial charge < -0.3 is 20.2 Å². The molecule has 0 aliphatic carbocycles. The van der Waals surface area contributed by atoms with Crippen LogP contribution < -0.4 is 14.8 Å². The average Bonchev–Trinajstić information content (AvgIpc) is 2.70. The van der Waals surface area contributed by atoms with Gasteiger partial charge in [0.25, 0.3) is 0 Å². The summed E-state index contributed by atoms with van der Waals surface area (Å²) in [5.74, 6) is 0.919. The van der Waals surface area contributed by atoms with Crippen molar-refractivity contribution in [2.45, 2.75) is 0 Å². The molecule has 0 aliphatic rings. The summed E-state index contributed by atoms with van der Waals surface area (Å²) >= 11 is 0. The molecule has 2 rings (SSSR count). The van der Waals surface area contributed by atoms with Gasteiger partial charge in [-0.15, -0.1) is 0 Å². The third-order valence-corrected chi connectivity index (χ3v) is 3.72. The van der Waals surface area contributed by atoms with Crippen molar-refractivity contribution < 1.29 is 14.3 Å². The number of methoxy groups -OCH3 is 2. The number of likely N-dealkylation sites (N-methyl/N-ethyl adjacent to an activating group) is 1. The smallest absolute Gasteiger partial charge is 0.186 e. The number of hydrogen-bond acceptors (Lipinski definition) is 5. The Morgan fingerprint density at radius 2 is 1.58 bits per heavy atom. The number of carbonyl (C=O) groups excluding carboxylic acids is 1. The zero-order valence-corrected chi connectivity index (χ0v) is 15.1. The predicted molar refractivity (Wildman–Crippen MR) is 103 cm³/mol. The fourth-order valence-corrected chi connectivity index (χ4v) is 2.27. The second-order valence-corrected chi connectivity index (χ2v) is 5.43. The molecule has 0 saturated heterocycles. The van der Waals surface area contributed by atoms with Crippen molar-refractivity contribution in [1.82, 2.24) is 5.32 Å². The van der Waals surface area contributed by atoms with Gasteiger partial charge in [-0.3, -0.25) is 4.79 Å². The molecule has 0 unspecified atom stereocenters. The maximum Gasteiger partial charge on any atom is 0.186 e. The summed E-state index contributed by atoms with van der Waals surface area (Å²) in [5, 5.41) is 11.1. The molecule has 5 heteroatoms. The molecule has 2 N–H and O–H groups in total. The van der Waals surface area contributed by atoms with Crippen molar-refractivity contribution in [1.29, 1.82) is 5.41 Å². The van der Waals surface area contributed by atoms with E-state index in [0.717, 1.165) is 5.56 Å². The summed E-state index contributed by atoms with van der Waals surface area (Å²) in [7, 11) is 4.82. The van der Waals surface area contributed by atoms with Crippen LogP contribution in [0.3, 0.4) is 0 Å². The number of hydrogen-bond donors (Lipinski definition) is 2. The van der Waals surface area contributed by atoms with Crippen molar-refractivity contribution in [3.8, 4) is 11.5 Å². The summed E-state index contributed by atoms with van der Waals surface area (Å²) in [6.45, 7) is 0. The summed E-state index contributed by atoms with van der Waals surface area (Å²) in [4.78, 5) is 12.5. The topological polar surface area (TPSA) is 71.4 Å². The lowest BCUT2D eigenvalue weighted by molar-refractivity contribution is 0.104. The van der Waals surface area contributed by atoms with E-state index in [2.05, 4.69) is 5.32 Å². The molecule has 0 aromatic heterocycles. The van der Waals surface area contributed by atoms with E-state index in [1.165, 1.54) is 20.3 Å². The Balaban J connectivity index is 2.19. The summed E-state index contributed by atoms with van der Waals surface area (Å²) in [6.07, 6.45) is 4.77. The lowest BCUT2D eigenvalue weighted by Crippen LogP contribution is -2.07. The lowest BCUT2D eigenvalue weighted by atomic mass is 10.1. The van der Waals surface area contributed by atoms with Crippen LogP contribution >= 0.6 is 0 Å². The van der Waals surface area contributed by atoms with Crippen molar-refractivity contribution in [2.24, 2.45) is 0 Å². The van der Waals surface area contributed by atoms with E-state index in [4.69, 9.17) is 14.9 Å². The maximum absolute atomic E-state index is 12.5. The van der Waals surface area contributed by atoms with E-state index >= 15 is 0 Å². The van der Waals surface area contributed by atoms with Crippen LogP contribution in [0.15, 0.2) is 72.5 Å². The first kappa shape index (κ1) is 19.0. The quantitative estimate of drug-likeness (QED) is 0.330. The van der Waals surface area contributed by atoms with Gasteiger partial charge in [0.1, 0.15) is 11.5 Å². The summed E-state index contributed by atoms with van der Waals surface area (Å²) in [5.41, 5.74) is 2.28. The Morgan fingerprint density at radius 3 is 2.12 bits per heavy atom. The van der Waals surface area contributed by atoms with Crippen LogP contribution in [0.4, 0.5) is 0 Å². The molecular weight excluding hydrogens is 328 g/mol. The van der Waals surface area contributed by atoms with Gasteiger partial charge in [-0.1, -0.05) is 30.3 Å². The third-order valence-electron chi connectivity index (χ3n) is 3.72. The second-order valence-electron chi connectivity index (χ2n) is 5.43. The van der Waals surface area contributed by atoms with Crippen LogP contribution in [0, 0.1) is 5.41 Å². The van der Waals surface area contributed by atoms with Gasteiger partial charge in [0.2, 0.25) is 0 Å². The molecule has 2 aromatic carbocycles. The molecule has 0 aliphatic heterocycles. The first-order valence-corrected chi connectivity index (χ1v) is 8.06. The fraction of sp³-hybridized carbons (Fsp3) is 0.143. The zero-order chi connectivity index (χ0) is 18.9. The van der Waals surface area contributed by atoms with Gasteiger partial charge in [-0.05, 0) is 35.9 Å². The van der Waals surface area contributed by atoms with E-state index in [1.807, 2.05) is 30.3 Å². The zero-order valence-electron chi connectivity index (χ0n) is 15.1. The minimum atomic E-state index is -0.186. The molecular formula is C21H22N2O3. The number of allylic oxidation sites excluding steroid dienone is 3. The van der Waals surface area contributed by atoms with Crippen molar-refractivity contribution >= 4 is 11.5 Å². The van der Waals surface area contributed by atoms with E-state index < -0.39 is 0 Å². The molecule has 134 valence electrons. The Hall–Kier alpha value is -3.34. The van der Waals surface area contributed by atoms with Crippen molar-refractivity contribution in [3.63, 3.8) is 0 Å². The number of nitrogens with one attached hydrogen (secondary N) is 2. The van der Waals surface area contributed by atoms with E-state index in [1.54, 1.807) is 37.4 Å². The highest BCUT2D eigenvalue weighted by atomic mass is 16.5. The lowest BCUT2D eigenvalue weighted by Gasteiger charge is -2.07. The number of benzene rings is 2. The Morgan fingerprint density at radius 1 is 0.962 bits per heavy atom. The standard InChI is InChI=1S/C21H22N2O3/c1-23-17(13-20(22)15-7-5-4-6-8-15)9-10-21(24)16-11-18(25-2)14-19(12-16)26-3/h4-14,22-23H,1-3H3/b10-9+,17-13-,22-20?. The molecule has 0 amide bonds. The molecule has 5 nitrogen and oxygen atoms in total. The number of carbonyl (C=O) groups is 1. The third kappa shape index (κ3) is 5.08. The van der Waals surface area contributed by atoms with Crippen LogP contribution in [0.5, 0.6) is 11.5 Å². The normalized spacial score (nSPS) is 11.3. The molecule has 0 heterocycles. The Labute approximate surface area is 153 Å². The monoisotopic (exact) mass is 350 g/mol. The molecule has 0 bridgehead atoms. The van der Waals surface area contributed by atoms with E-state index in [9.17, 15) is 4.79 Å². The van der Waals surface area contributed by atoms with E-state index in [-0.39, 0.29) is 5.78 Å². The maximum atomic E-state index is 12.5. The Kier molecular flexibility index (Phi) is 6.74. The summed E-state index contributed by atoms with van der Waals surface area (Å²) in [6, 6.07) is 14.4. The first-order chi connectivity index (χ1) is 12.6. The number of ether oxygens (including phenoxy) is 2. The first-order valence-electron chi connectivity index (χ1n) is 8.06. The minimum absolute atomic E-state index is 0.186. The minimum Gasteiger partial charge on any atom is -0.497 e. The Bertz CT molecular complexity index is 817. The van der Waals surface area contributed by atoms with Crippen LogP contribution in [0.2, 0.25) is 0 Å². The van der Waals surface area contributed by atoms with Gasteiger partial charge in [-0.25, -0.2) is 0 Å². The van der Waals surface area contributed by atoms with Gasteiger partial charge in [0, 0.05) is 24.4 Å². The fourth-order valence-electron chi connectivity index (χ4n) is 2.27. The van der Waals surface area contributed by atoms with E-state index in [0.29, 0.717) is 28.5 Å². The molecule has 0 radical (unpaired) electrons. The number of ketones is 1. The highest BCUT2D eigenvalue weighted by molar-refractivity contribution is 6.08.